The molecule has 26 heavy (non-hydrogen) atoms. The number of hydrogen-bond acceptors (Lipinski definition) is 7. The van der Waals surface area contributed by atoms with E-state index in [-0.39, 0.29) is 5.91 Å². The van der Waals surface area contributed by atoms with Crippen LogP contribution in [0.4, 0.5) is 0 Å². The summed E-state index contributed by atoms with van der Waals surface area (Å²) in [5.41, 5.74) is 0.996. The topological polar surface area (TPSA) is 89.3 Å². The maximum atomic E-state index is 12.3. The number of carbonyl (C=O) groups is 2. The lowest BCUT2D eigenvalue weighted by atomic mass is 10.2. The molecule has 8 heteroatoms. The third kappa shape index (κ3) is 4.48. The van der Waals surface area contributed by atoms with Crippen LogP contribution in [0.25, 0.3) is 0 Å². The van der Waals surface area contributed by atoms with Gasteiger partial charge in [-0.05, 0) is 36.4 Å². The Labute approximate surface area is 154 Å². The number of hydrogen-bond donors (Lipinski definition) is 1. The van der Waals surface area contributed by atoms with Gasteiger partial charge in [-0.2, -0.15) is 5.10 Å². The van der Waals surface area contributed by atoms with Crippen molar-refractivity contribution in [2.24, 2.45) is 10.2 Å². The number of amides is 1. The van der Waals surface area contributed by atoms with Gasteiger partial charge < -0.3 is 14.8 Å². The Morgan fingerprint density at radius 3 is 2.65 bits per heavy atom. The molecule has 3 rings (SSSR count). The summed E-state index contributed by atoms with van der Waals surface area (Å²) in [6.45, 7) is 0. The van der Waals surface area contributed by atoms with Crippen molar-refractivity contribution in [3.05, 3.63) is 59.7 Å². The smallest absolute Gasteiger partial charge is 0.343 e. The number of nitrogens with zero attached hydrogens (tertiary/aromatic N) is 2. The summed E-state index contributed by atoms with van der Waals surface area (Å²) in [5.74, 6) is 0.770. The SMILES string of the molecule is COc1ccc(C(=O)Oc2ccccc2C=N/N=C2/NC(=O)CS2)cc1. The lowest BCUT2D eigenvalue weighted by Crippen LogP contribution is -2.19. The molecule has 1 heterocycles. The Morgan fingerprint density at radius 1 is 1.19 bits per heavy atom. The van der Waals surface area contributed by atoms with Crippen LogP contribution >= 0.6 is 11.8 Å². The van der Waals surface area contributed by atoms with E-state index in [0.717, 1.165) is 0 Å². The number of methoxy groups -OCH3 is 1. The number of nitrogens with one attached hydrogen (secondary N) is 1. The Bertz CT molecular complexity index is 878. The van der Waals surface area contributed by atoms with Gasteiger partial charge in [-0.3, -0.25) is 4.79 Å². The number of rotatable bonds is 5. The standard InChI is InChI=1S/C18H15N3O4S/c1-24-14-8-6-12(7-9-14)17(23)25-15-5-3-2-4-13(15)10-19-21-18-20-16(22)11-26-18/h2-10H,11H2,1H3,(H,20,21,22). The quantitative estimate of drug-likeness (QED) is 0.378. The molecular weight excluding hydrogens is 354 g/mol. The van der Waals surface area contributed by atoms with Gasteiger partial charge in [-0.1, -0.05) is 23.9 Å². The van der Waals surface area contributed by atoms with Crippen molar-refractivity contribution < 1.29 is 19.1 Å². The number of benzene rings is 2. The van der Waals surface area contributed by atoms with Crippen molar-refractivity contribution in [3.63, 3.8) is 0 Å². The normalized spacial score (nSPS) is 15.3. The second-order valence-corrected chi connectivity index (χ2v) is 6.11. The van der Waals surface area contributed by atoms with Crippen LogP contribution in [0.3, 0.4) is 0 Å². The average Bonchev–Trinajstić information content (AvgIpc) is 3.08. The minimum Gasteiger partial charge on any atom is -0.497 e. The largest absolute Gasteiger partial charge is 0.497 e. The predicted octanol–water partition coefficient (Wildman–Crippen LogP) is 2.47. The van der Waals surface area contributed by atoms with E-state index < -0.39 is 5.97 Å². The minimum atomic E-state index is -0.488. The van der Waals surface area contributed by atoms with Gasteiger partial charge in [-0.15, -0.1) is 5.10 Å². The fraction of sp³-hybridized carbons (Fsp3) is 0.111. The van der Waals surface area contributed by atoms with Gasteiger partial charge in [0.1, 0.15) is 11.5 Å². The van der Waals surface area contributed by atoms with Crippen LogP contribution in [0.2, 0.25) is 0 Å². The first-order chi connectivity index (χ1) is 12.7. The van der Waals surface area contributed by atoms with Crippen LogP contribution in [0.1, 0.15) is 15.9 Å². The third-order valence-corrected chi connectivity index (χ3v) is 4.24. The number of para-hydroxylation sites is 1. The second kappa shape index (κ2) is 8.30. The Morgan fingerprint density at radius 2 is 1.96 bits per heavy atom. The summed E-state index contributed by atoms with van der Waals surface area (Å²) in [6.07, 6.45) is 1.47. The van der Waals surface area contributed by atoms with Gasteiger partial charge in [0.15, 0.2) is 5.17 Å². The summed E-state index contributed by atoms with van der Waals surface area (Å²) in [7, 11) is 1.56. The van der Waals surface area contributed by atoms with E-state index in [1.54, 1.807) is 55.6 Å². The highest BCUT2D eigenvalue weighted by molar-refractivity contribution is 8.15. The van der Waals surface area contributed by atoms with Crippen molar-refractivity contribution in [2.75, 3.05) is 12.9 Å². The molecule has 0 spiro atoms. The maximum Gasteiger partial charge on any atom is 0.343 e. The van der Waals surface area contributed by atoms with E-state index in [4.69, 9.17) is 9.47 Å². The van der Waals surface area contributed by atoms with Gasteiger partial charge >= 0.3 is 5.97 Å². The zero-order chi connectivity index (χ0) is 18.4. The lowest BCUT2D eigenvalue weighted by Gasteiger charge is -2.07. The molecular formula is C18H15N3O4S. The van der Waals surface area contributed by atoms with Crippen molar-refractivity contribution in [2.45, 2.75) is 0 Å². The summed E-state index contributed by atoms with van der Waals surface area (Å²) in [4.78, 5) is 23.4. The van der Waals surface area contributed by atoms with Gasteiger partial charge in [0.05, 0.1) is 24.6 Å². The molecule has 2 aromatic carbocycles. The van der Waals surface area contributed by atoms with E-state index in [1.807, 2.05) is 0 Å². The number of carbonyl (C=O) groups excluding carboxylic acids is 2. The zero-order valence-corrected chi connectivity index (χ0v) is 14.7. The van der Waals surface area contributed by atoms with Crippen LogP contribution in [0, 0.1) is 0 Å². The average molecular weight is 369 g/mol. The molecule has 0 aromatic heterocycles. The molecule has 0 aliphatic carbocycles. The molecule has 132 valence electrons. The summed E-state index contributed by atoms with van der Waals surface area (Å²) >= 11 is 1.28. The third-order valence-electron chi connectivity index (χ3n) is 3.38. The van der Waals surface area contributed by atoms with Crippen molar-refractivity contribution in [3.8, 4) is 11.5 Å². The molecule has 0 bridgehead atoms. The molecule has 0 atom stereocenters. The van der Waals surface area contributed by atoms with Crippen molar-refractivity contribution in [1.82, 2.24) is 5.32 Å². The fourth-order valence-electron chi connectivity index (χ4n) is 2.09. The summed E-state index contributed by atoms with van der Waals surface area (Å²) < 4.78 is 10.5. The first-order valence-corrected chi connectivity index (χ1v) is 8.63. The molecule has 1 aliphatic heterocycles. The molecule has 7 nitrogen and oxygen atoms in total. The number of amidine groups is 1. The fourth-order valence-corrected chi connectivity index (χ4v) is 2.72. The summed E-state index contributed by atoms with van der Waals surface area (Å²) in [6, 6.07) is 13.6. The molecule has 1 fully saturated rings. The van der Waals surface area contributed by atoms with Crippen LogP contribution in [0.15, 0.2) is 58.7 Å². The van der Waals surface area contributed by atoms with Gasteiger partial charge in [0.2, 0.25) is 5.91 Å². The monoisotopic (exact) mass is 369 g/mol. The molecule has 1 saturated heterocycles. The van der Waals surface area contributed by atoms with Gasteiger partial charge in [-0.25, -0.2) is 4.79 Å². The molecule has 0 radical (unpaired) electrons. The van der Waals surface area contributed by atoms with Crippen LogP contribution in [-0.2, 0) is 4.79 Å². The number of ether oxygens (including phenoxy) is 2. The minimum absolute atomic E-state index is 0.0993. The van der Waals surface area contributed by atoms with Crippen LogP contribution in [0.5, 0.6) is 11.5 Å². The summed E-state index contributed by atoms with van der Waals surface area (Å²) in [5, 5.41) is 10.9. The highest BCUT2D eigenvalue weighted by atomic mass is 32.2. The van der Waals surface area contributed by atoms with Gasteiger partial charge in [0.25, 0.3) is 0 Å². The van der Waals surface area contributed by atoms with E-state index in [0.29, 0.717) is 33.5 Å². The predicted molar refractivity (Wildman–Crippen MR) is 100 cm³/mol. The first-order valence-electron chi connectivity index (χ1n) is 7.64. The van der Waals surface area contributed by atoms with E-state index in [2.05, 4.69) is 15.5 Å². The Balaban J connectivity index is 1.72. The van der Waals surface area contributed by atoms with Gasteiger partial charge in [0, 0.05) is 5.56 Å². The van der Waals surface area contributed by atoms with E-state index in [1.165, 1.54) is 18.0 Å². The highest BCUT2D eigenvalue weighted by Gasteiger charge is 2.16. The molecule has 0 unspecified atom stereocenters. The first kappa shape index (κ1) is 17.7. The zero-order valence-electron chi connectivity index (χ0n) is 13.8. The number of thioether (sulfide) groups is 1. The van der Waals surface area contributed by atoms with E-state index >= 15 is 0 Å². The molecule has 1 N–H and O–H groups in total. The molecule has 1 aliphatic rings. The maximum absolute atomic E-state index is 12.3. The molecule has 1 amide bonds. The van der Waals surface area contributed by atoms with Crippen LogP contribution in [-0.4, -0.2) is 36.1 Å². The van der Waals surface area contributed by atoms with E-state index in [9.17, 15) is 9.59 Å². The van der Waals surface area contributed by atoms with Crippen LogP contribution < -0.4 is 14.8 Å². The molecule has 0 saturated carbocycles. The second-order valence-electron chi connectivity index (χ2n) is 5.14. The Kier molecular flexibility index (Phi) is 5.65. The Hall–Kier alpha value is -3.13. The van der Waals surface area contributed by atoms with Crippen molar-refractivity contribution >= 4 is 35.0 Å². The lowest BCUT2D eigenvalue weighted by molar-refractivity contribution is -0.116. The van der Waals surface area contributed by atoms with Crippen molar-refractivity contribution in [1.29, 1.82) is 0 Å². The molecule has 2 aromatic rings. The highest BCUT2D eigenvalue weighted by Crippen LogP contribution is 2.19. The number of esters is 1.